The fourth-order valence-corrected chi connectivity index (χ4v) is 4.21. The first-order valence-corrected chi connectivity index (χ1v) is 9.97. The molecule has 1 aromatic carbocycles. The van der Waals surface area contributed by atoms with Gasteiger partial charge in [0.05, 0.1) is 29.8 Å². The second kappa shape index (κ2) is 7.72. The number of carbonyl (C=O) groups excluding carboxylic acids is 1. The first kappa shape index (κ1) is 19.4. The monoisotopic (exact) mass is 391 g/mol. The lowest BCUT2D eigenvalue weighted by Crippen LogP contribution is -2.17. The van der Waals surface area contributed by atoms with Crippen LogP contribution >= 0.6 is 11.8 Å². The number of amides is 1. The van der Waals surface area contributed by atoms with E-state index in [-0.39, 0.29) is 34.6 Å². The lowest BCUT2D eigenvalue weighted by Gasteiger charge is -2.18. The fraction of sp³-hybridized carbons (Fsp3) is 0.474. The van der Waals surface area contributed by atoms with Crippen molar-refractivity contribution in [2.24, 2.45) is 0 Å². The summed E-state index contributed by atoms with van der Waals surface area (Å²) >= 11 is 1.42. The maximum Gasteiger partial charge on any atom is 0.270 e. The number of anilines is 1. The number of thioether (sulfide) groups is 1. The van der Waals surface area contributed by atoms with Crippen molar-refractivity contribution in [2.45, 2.75) is 45.1 Å². The molecule has 2 N–H and O–H groups in total. The summed E-state index contributed by atoms with van der Waals surface area (Å²) in [5.41, 5.74) is 1.25. The second-order valence-electron chi connectivity index (χ2n) is 6.98. The molecule has 7 nitrogen and oxygen atoms in total. The summed E-state index contributed by atoms with van der Waals surface area (Å²) in [6.45, 7) is 7.81. The van der Waals surface area contributed by atoms with Gasteiger partial charge in [-0.1, -0.05) is 6.07 Å². The van der Waals surface area contributed by atoms with Crippen molar-refractivity contribution in [1.29, 1.82) is 0 Å². The number of hydrogen-bond donors (Lipinski definition) is 2. The molecule has 1 unspecified atom stereocenters. The minimum atomic E-state index is -0.287. The molecule has 0 bridgehead atoms. The van der Waals surface area contributed by atoms with Crippen LogP contribution in [0.15, 0.2) is 23.0 Å². The third-order valence-electron chi connectivity index (χ3n) is 4.23. The van der Waals surface area contributed by atoms with Crippen molar-refractivity contribution in [3.05, 3.63) is 39.7 Å². The summed E-state index contributed by atoms with van der Waals surface area (Å²) in [5, 5.41) is 5.43. The van der Waals surface area contributed by atoms with Gasteiger partial charge in [0.2, 0.25) is 5.91 Å². The SMILES string of the molecule is COc1cc(C2SCC(=O)Nc3c2c(=O)[nH]n3C(C)C)ccc1OC(C)C. The summed E-state index contributed by atoms with van der Waals surface area (Å²) in [6.07, 6.45) is 0.0216. The summed E-state index contributed by atoms with van der Waals surface area (Å²) in [7, 11) is 1.59. The van der Waals surface area contributed by atoms with E-state index in [4.69, 9.17) is 9.47 Å². The third kappa shape index (κ3) is 3.85. The van der Waals surface area contributed by atoms with Crippen molar-refractivity contribution >= 4 is 23.5 Å². The minimum Gasteiger partial charge on any atom is -0.493 e. The van der Waals surface area contributed by atoms with E-state index in [1.807, 2.05) is 45.9 Å². The van der Waals surface area contributed by atoms with Gasteiger partial charge in [0, 0.05) is 6.04 Å². The van der Waals surface area contributed by atoms with Crippen LogP contribution in [0.5, 0.6) is 11.5 Å². The highest BCUT2D eigenvalue weighted by Gasteiger charge is 2.31. The number of methoxy groups -OCH3 is 1. The molecule has 3 rings (SSSR count). The number of carbonyl (C=O) groups is 1. The zero-order valence-corrected chi connectivity index (χ0v) is 17.0. The van der Waals surface area contributed by atoms with Crippen LogP contribution in [0.4, 0.5) is 5.82 Å². The zero-order chi connectivity index (χ0) is 19.7. The predicted molar refractivity (Wildman–Crippen MR) is 107 cm³/mol. The molecule has 0 saturated heterocycles. The van der Waals surface area contributed by atoms with E-state index in [9.17, 15) is 9.59 Å². The van der Waals surface area contributed by atoms with Gasteiger partial charge in [0.15, 0.2) is 11.5 Å². The molecule has 0 radical (unpaired) electrons. The van der Waals surface area contributed by atoms with Crippen LogP contribution in [0.3, 0.4) is 0 Å². The average Bonchev–Trinajstić information content (AvgIpc) is 2.81. The van der Waals surface area contributed by atoms with E-state index >= 15 is 0 Å². The topological polar surface area (TPSA) is 85.4 Å². The Kier molecular flexibility index (Phi) is 5.55. The Morgan fingerprint density at radius 2 is 1.93 bits per heavy atom. The minimum absolute atomic E-state index is 0.0156. The van der Waals surface area contributed by atoms with Crippen molar-refractivity contribution in [2.75, 3.05) is 18.2 Å². The first-order chi connectivity index (χ1) is 12.8. The number of fused-ring (bicyclic) bond motifs is 1. The van der Waals surface area contributed by atoms with E-state index in [1.54, 1.807) is 11.8 Å². The van der Waals surface area contributed by atoms with Crippen LogP contribution in [0.25, 0.3) is 0 Å². The predicted octanol–water partition coefficient (Wildman–Crippen LogP) is 3.33. The molecule has 1 aliphatic rings. The van der Waals surface area contributed by atoms with Gasteiger partial charge >= 0.3 is 0 Å². The van der Waals surface area contributed by atoms with E-state index in [0.29, 0.717) is 22.9 Å². The van der Waals surface area contributed by atoms with Gasteiger partial charge < -0.3 is 14.8 Å². The molecule has 1 amide bonds. The van der Waals surface area contributed by atoms with Crippen molar-refractivity contribution in [3.63, 3.8) is 0 Å². The number of aromatic nitrogens is 2. The number of benzene rings is 1. The van der Waals surface area contributed by atoms with Gasteiger partial charge in [0.1, 0.15) is 5.82 Å². The summed E-state index contributed by atoms with van der Waals surface area (Å²) in [4.78, 5) is 24.9. The highest BCUT2D eigenvalue weighted by molar-refractivity contribution is 8.00. The number of aromatic amines is 1. The smallest absolute Gasteiger partial charge is 0.270 e. The highest BCUT2D eigenvalue weighted by atomic mass is 32.2. The lowest BCUT2D eigenvalue weighted by atomic mass is 10.1. The van der Waals surface area contributed by atoms with Crippen LogP contribution in [-0.2, 0) is 4.79 Å². The molecular formula is C19H25N3O4S. The molecule has 1 aromatic heterocycles. The highest BCUT2D eigenvalue weighted by Crippen LogP contribution is 2.42. The van der Waals surface area contributed by atoms with Crippen LogP contribution in [-0.4, -0.2) is 34.7 Å². The van der Waals surface area contributed by atoms with E-state index in [2.05, 4.69) is 10.4 Å². The van der Waals surface area contributed by atoms with Crippen LogP contribution in [0, 0.1) is 0 Å². The maximum absolute atomic E-state index is 12.7. The standard InChI is InChI=1S/C19H25N3O4S/c1-10(2)22-18-16(19(24)21-22)17(27-9-15(23)20-18)12-6-7-13(26-11(3)4)14(8-12)25-5/h6-8,10-11,17H,9H2,1-5H3,(H,20,23)(H,21,24). The molecule has 2 aromatic rings. The molecule has 2 heterocycles. The van der Waals surface area contributed by atoms with Crippen LogP contribution < -0.4 is 20.3 Å². The molecule has 8 heteroatoms. The van der Waals surface area contributed by atoms with E-state index in [0.717, 1.165) is 5.56 Å². The van der Waals surface area contributed by atoms with E-state index < -0.39 is 0 Å². The summed E-state index contributed by atoms with van der Waals surface area (Å²) < 4.78 is 13.0. The quantitative estimate of drug-likeness (QED) is 0.817. The van der Waals surface area contributed by atoms with Gasteiger partial charge in [-0.3, -0.25) is 19.4 Å². The number of rotatable bonds is 5. The van der Waals surface area contributed by atoms with Gasteiger partial charge in [-0.25, -0.2) is 0 Å². The Bertz CT molecular complexity index is 901. The van der Waals surface area contributed by atoms with Crippen molar-refractivity contribution < 1.29 is 14.3 Å². The molecule has 0 fully saturated rings. The Labute approximate surface area is 162 Å². The number of nitrogens with one attached hydrogen (secondary N) is 2. The molecule has 1 aliphatic heterocycles. The maximum atomic E-state index is 12.7. The van der Waals surface area contributed by atoms with Crippen LogP contribution in [0.1, 0.15) is 50.1 Å². The molecule has 146 valence electrons. The largest absolute Gasteiger partial charge is 0.493 e. The fourth-order valence-electron chi connectivity index (χ4n) is 3.09. The molecule has 1 atom stereocenters. The molecular weight excluding hydrogens is 366 g/mol. The lowest BCUT2D eigenvalue weighted by molar-refractivity contribution is -0.113. The molecule has 0 aliphatic carbocycles. The number of nitrogens with zero attached hydrogens (tertiary/aromatic N) is 1. The Balaban J connectivity index is 2.10. The van der Waals surface area contributed by atoms with Gasteiger partial charge in [-0.05, 0) is 45.4 Å². The average molecular weight is 391 g/mol. The number of H-pyrrole nitrogens is 1. The molecule has 0 spiro atoms. The Morgan fingerprint density at radius 3 is 2.56 bits per heavy atom. The van der Waals surface area contributed by atoms with Gasteiger partial charge in [-0.2, -0.15) is 0 Å². The van der Waals surface area contributed by atoms with Gasteiger partial charge in [0.25, 0.3) is 5.56 Å². The molecule has 27 heavy (non-hydrogen) atoms. The van der Waals surface area contributed by atoms with Crippen LogP contribution in [0.2, 0.25) is 0 Å². The van der Waals surface area contributed by atoms with E-state index in [1.165, 1.54) is 11.8 Å². The van der Waals surface area contributed by atoms with Gasteiger partial charge in [-0.15, -0.1) is 11.8 Å². The summed E-state index contributed by atoms with van der Waals surface area (Å²) in [5.74, 6) is 1.94. The zero-order valence-electron chi connectivity index (χ0n) is 16.2. The Morgan fingerprint density at radius 1 is 1.19 bits per heavy atom. The van der Waals surface area contributed by atoms with Crippen molar-refractivity contribution in [3.8, 4) is 11.5 Å². The molecule has 0 saturated carbocycles. The number of hydrogen-bond acceptors (Lipinski definition) is 5. The third-order valence-corrected chi connectivity index (χ3v) is 5.50. The second-order valence-corrected chi connectivity index (χ2v) is 8.08. The first-order valence-electron chi connectivity index (χ1n) is 8.92. The number of ether oxygens (including phenoxy) is 2. The summed E-state index contributed by atoms with van der Waals surface area (Å²) in [6, 6.07) is 5.66. The normalized spacial score (nSPS) is 16.9. The Hall–Kier alpha value is -2.35. The van der Waals surface area contributed by atoms with Crippen molar-refractivity contribution in [1.82, 2.24) is 9.78 Å².